The van der Waals surface area contributed by atoms with E-state index in [1.54, 1.807) is 0 Å². The fourth-order valence-electron chi connectivity index (χ4n) is 2.34. The first kappa shape index (κ1) is 17.5. The summed E-state index contributed by atoms with van der Waals surface area (Å²) in [6.45, 7) is 4.76. The van der Waals surface area contributed by atoms with Crippen molar-refractivity contribution in [2.75, 3.05) is 6.61 Å². The van der Waals surface area contributed by atoms with Gasteiger partial charge in [0, 0.05) is 6.61 Å². The molecule has 0 aromatic carbocycles. The van der Waals surface area contributed by atoms with Crippen molar-refractivity contribution in [3.05, 3.63) is 10.5 Å². The van der Waals surface area contributed by atoms with E-state index < -0.39 is 17.2 Å². The van der Waals surface area contributed by atoms with Crippen LogP contribution in [0.1, 0.15) is 26.7 Å². The second-order valence-corrected chi connectivity index (χ2v) is 6.80. The molecule has 1 aromatic heterocycles. The maximum Gasteiger partial charge on any atom is 0.344 e. The molecule has 0 spiro atoms. The Bertz CT molecular complexity index is 620. The number of primary amides is 1. The smallest absolute Gasteiger partial charge is 0.344 e. The number of thioether (sulfide) groups is 1. The van der Waals surface area contributed by atoms with E-state index in [9.17, 15) is 14.4 Å². The molecular formula is C13H21N5O4S. The Morgan fingerprint density at radius 2 is 2.30 bits per heavy atom. The normalized spacial score (nSPS) is 19.0. The van der Waals surface area contributed by atoms with E-state index in [1.807, 2.05) is 13.8 Å². The van der Waals surface area contributed by atoms with Crippen LogP contribution in [0.3, 0.4) is 0 Å². The van der Waals surface area contributed by atoms with Crippen LogP contribution in [-0.4, -0.2) is 44.7 Å². The molecule has 2 heterocycles. The number of nitrogens with zero attached hydrogens (tertiary/aromatic N) is 2. The number of carbonyl (C=O) groups excluding carboxylic acids is 2. The topological polar surface area (TPSA) is 132 Å². The third-order valence-electron chi connectivity index (χ3n) is 3.48. The highest BCUT2D eigenvalue weighted by atomic mass is 32.2. The lowest BCUT2D eigenvalue weighted by Gasteiger charge is -2.19. The summed E-state index contributed by atoms with van der Waals surface area (Å²) >= 11 is 1.12. The van der Waals surface area contributed by atoms with Crippen LogP contribution in [0.2, 0.25) is 0 Å². The second-order valence-electron chi connectivity index (χ2n) is 5.69. The molecule has 0 radical (unpaired) electrons. The standard InChI is InChI=1S/C13H21N5O4S/c1-7(2)9(10(19)15-11(14)20)23-13-17-16-12(21)18(13)6-8-4-3-5-22-8/h7-9H,3-6H2,1-2H3,(H,16,21)(H3,14,15,19,20). The molecule has 10 heteroatoms. The van der Waals surface area contributed by atoms with Crippen molar-refractivity contribution in [2.45, 2.75) is 49.7 Å². The van der Waals surface area contributed by atoms with Gasteiger partial charge in [-0.1, -0.05) is 25.6 Å². The van der Waals surface area contributed by atoms with Crippen LogP contribution in [-0.2, 0) is 16.1 Å². The number of aromatic amines is 1. The summed E-state index contributed by atoms with van der Waals surface area (Å²) in [5, 5.41) is 8.24. The van der Waals surface area contributed by atoms with Crippen LogP contribution in [0.5, 0.6) is 0 Å². The van der Waals surface area contributed by atoms with Crippen molar-refractivity contribution in [1.29, 1.82) is 0 Å². The lowest BCUT2D eigenvalue weighted by atomic mass is 10.1. The molecule has 2 atom stereocenters. The monoisotopic (exact) mass is 343 g/mol. The minimum atomic E-state index is -0.903. The van der Waals surface area contributed by atoms with Crippen molar-refractivity contribution >= 4 is 23.7 Å². The maximum absolute atomic E-state index is 12.1. The molecule has 128 valence electrons. The van der Waals surface area contributed by atoms with Gasteiger partial charge >= 0.3 is 11.7 Å². The molecule has 0 bridgehead atoms. The number of ether oxygens (including phenoxy) is 1. The SMILES string of the molecule is CC(C)C(Sc1n[nH]c(=O)n1CC1CCCO1)C(=O)NC(N)=O. The van der Waals surface area contributed by atoms with Crippen LogP contribution in [0.25, 0.3) is 0 Å². The molecule has 1 aromatic rings. The van der Waals surface area contributed by atoms with Gasteiger partial charge in [-0.2, -0.15) is 0 Å². The van der Waals surface area contributed by atoms with E-state index in [4.69, 9.17) is 10.5 Å². The molecule has 3 amide bonds. The minimum absolute atomic E-state index is 0.0263. The zero-order valence-electron chi connectivity index (χ0n) is 13.1. The Balaban J connectivity index is 2.14. The van der Waals surface area contributed by atoms with E-state index >= 15 is 0 Å². The van der Waals surface area contributed by atoms with Crippen molar-refractivity contribution in [3.63, 3.8) is 0 Å². The fraction of sp³-hybridized carbons (Fsp3) is 0.692. The van der Waals surface area contributed by atoms with Gasteiger partial charge in [-0.05, 0) is 18.8 Å². The molecule has 2 unspecified atom stereocenters. The van der Waals surface area contributed by atoms with Gasteiger partial charge in [-0.25, -0.2) is 14.7 Å². The average Bonchev–Trinajstić information content (AvgIpc) is 3.07. The third-order valence-corrected chi connectivity index (χ3v) is 5.01. The van der Waals surface area contributed by atoms with Gasteiger partial charge in [0.15, 0.2) is 5.16 Å². The number of nitrogens with two attached hydrogens (primary N) is 1. The number of carbonyl (C=O) groups is 2. The highest BCUT2D eigenvalue weighted by Gasteiger charge is 2.28. The number of imide groups is 1. The lowest BCUT2D eigenvalue weighted by Crippen LogP contribution is -2.42. The van der Waals surface area contributed by atoms with Gasteiger partial charge in [0.1, 0.15) is 0 Å². The molecule has 2 rings (SSSR count). The van der Waals surface area contributed by atoms with Crippen LogP contribution >= 0.6 is 11.8 Å². The molecule has 1 aliphatic rings. The number of H-pyrrole nitrogens is 1. The molecule has 0 aliphatic carbocycles. The Hall–Kier alpha value is -1.81. The Kier molecular flexibility index (Phi) is 5.83. The zero-order valence-corrected chi connectivity index (χ0v) is 13.9. The number of aromatic nitrogens is 3. The Labute approximate surface area is 137 Å². The number of amides is 3. The number of nitrogens with one attached hydrogen (secondary N) is 2. The highest BCUT2D eigenvalue weighted by molar-refractivity contribution is 8.00. The van der Waals surface area contributed by atoms with Gasteiger partial charge in [-0.15, -0.1) is 5.10 Å². The van der Waals surface area contributed by atoms with Crippen LogP contribution in [0, 0.1) is 5.92 Å². The highest BCUT2D eigenvalue weighted by Crippen LogP contribution is 2.27. The first-order chi connectivity index (χ1) is 10.9. The van der Waals surface area contributed by atoms with E-state index in [0.717, 1.165) is 24.6 Å². The van der Waals surface area contributed by atoms with E-state index in [2.05, 4.69) is 15.5 Å². The number of hydrogen-bond acceptors (Lipinski definition) is 6. The van der Waals surface area contributed by atoms with Gasteiger partial charge in [0.2, 0.25) is 5.91 Å². The largest absolute Gasteiger partial charge is 0.376 e. The summed E-state index contributed by atoms with van der Waals surface area (Å²) in [7, 11) is 0. The van der Waals surface area contributed by atoms with Gasteiger partial charge in [0.05, 0.1) is 17.9 Å². The Morgan fingerprint density at radius 3 is 2.87 bits per heavy atom. The summed E-state index contributed by atoms with van der Waals surface area (Å²) in [4.78, 5) is 34.9. The number of rotatable bonds is 6. The van der Waals surface area contributed by atoms with Crippen molar-refractivity contribution in [1.82, 2.24) is 20.1 Å². The Morgan fingerprint density at radius 1 is 1.57 bits per heavy atom. The van der Waals surface area contributed by atoms with E-state index in [0.29, 0.717) is 18.3 Å². The molecular weight excluding hydrogens is 322 g/mol. The zero-order chi connectivity index (χ0) is 17.0. The first-order valence-electron chi connectivity index (χ1n) is 7.42. The molecule has 23 heavy (non-hydrogen) atoms. The minimum Gasteiger partial charge on any atom is -0.376 e. The molecule has 1 fully saturated rings. The quantitative estimate of drug-likeness (QED) is 0.626. The van der Waals surface area contributed by atoms with Crippen molar-refractivity contribution in [3.8, 4) is 0 Å². The van der Waals surface area contributed by atoms with Crippen LogP contribution in [0.15, 0.2) is 9.95 Å². The summed E-state index contributed by atoms with van der Waals surface area (Å²) in [5.74, 6) is -0.584. The fourth-order valence-corrected chi connectivity index (χ4v) is 3.39. The number of urea groups is 1. The summed E-state index contributed by atoms with van der Waals surface area (Å²) in [6, 6.07) is -0.903. The van der Waals surface area contributed by atoms with Crippen LogP contribution in [0.4, 0.5) is 4.79 Å². The molecule has 1 saturated heterocycles. The van der Waals surface area contributed by atoms with E-state index in [-0.39, 0.29) is 17.7 Å². The van der Waals surface area contributed by atoms with Gasteiger partial charge in [-0.3, -0.25) is 14.7 Å². The van der Waals surface area contributed by atoms with E-state index in [1.165, 1.54) is 4.57 Å². The first-order valence-corrected chi connectivity index (χ1v) is 8.30. The molecule has 1 aliphatic heterocycles. The predicted octanol–water partition coefficient (Wildman–Crippen LogP) is 0.0620. The lowest BCUT2D eigenvalue weighted by molar-refractivity contribution is -0.120. The third kappa shape index (κ3) is 4.58. The predicted molar refractivity (Wildman–Crippen MR) is 84.0 cm³/mol. The van der Waals surface area contributed by atoms with Crippen LogP contribution < -0.4 is 16.7 Å². The van der Waals surface area contributed by atoms with Crippen molar-refractivity contribution < 1.29 is 14.3 Å². The average molecular weight is 343 g/mol. The summed E-state index contributed by atoms with van der Waals surface area (Å²) in [6.07, 6.45) is 1.83. The van der Waals surface area contributed by atoms with Gasteiger partial charge in [0.25, 0.3) is 0 Å². The van der Waals surface area contributed by atoms with Gasteiger partial charge < -0.3 is 10.5 Å². The van der Waals surface area contributed by atoms with Crippen molar-refractivity contribution in [2.24, 2.45) is 11.7 Å². The molecule has 9 nitrogen and oxygen atoms in total. The summed E-state index contributed by atoms with van der Waals surface area (Å²) in [5.41, 5.74) is 4.65. The second kappa shape index (κ2) is 7.64. The molecule has 4 N–H and O–H groups in total. The summed E-state index contributed by atoms with van der Waals surface area (Å²) < 4.78 is 7.00. The maximum atomic E-state index is 12.1. The number of hydrogen-bond donors (Lipinski definition) is 3. The molecule has 0 saturated carbocycles.